The van der Waals surface area contributed by atoms with E-state index in [9.17, 15) is 4.79 Å². The largest absolute Gasteiger partial charge is 0.469 e. The molecule has 0 bridgehead atoms. The highest BCUT2D eigenvalue weighted by molar-refractivity contribution is 5.73. The van der Waals surface area contributed by atoms with Gasteiger partial charge in [-0.3, -0.25) is 4.79 Å². The molecule has 0 saturated heterocycles. The Morgan fingerprint density at radius 3 is 3.06 bits per heavy atom. The number of carbonyl (C=O) groups is 1. The van der Waals surface area contributed by atoms with Gasteiger partial charge in [0.05, 0.1) is 6.26 Å². The fourth-order valence-corrected chi connectivity index (χ4v) is 1.53. The lowest BCUT2D eigenvalue weighted by Gasteiger charge is -2.12. The fraction of sp³-hybridized carbons (Fsp3) is 0.583. The van der Waals surface area contributed by atoms with Crippen LogP contribution in [-0.4, -0.2) is 18.5 Å². The van der Waals surface area contributed by atoms with Crippen LogP contribution in [0.4, 0.5) is 0 Å². The van der Waals surface area contributed by atoms with E-state index in [1.807, 2.05) is 12.1 Å². The lowest BCUT2D eigenvalue weighted by atomic mass is 10.1. The number of hydrogen-bond acceptors (Lipinski definition) is 3. The van der Waals surface area contributed by atoms with Crippen molar-refractivity contribution in [1.29, 1.82) is 0 Å². The number of rotatable bonds is 8. The maximum absolute atomic E-state index is 10.5. The quantitative estimate of drug-likeness (QED) is 0.657. The van der Waals surface area contributed by atoms with Crippen LogP contribution in [0.3, 0.4) is 0 Å². The molecule has 1 amide bonds. The van der Waals surface area contributed by atoms with Gasteiger partial charge in [-0.2, -0.15) is 0 Å². The lowest BCUT2D eigenvalue weighted by Crippen LogP contribution is -2.28. The van der Waals surface area contributed by atoms with Crippen LogP contribution in [0.1, 0.15) is 31.9 Å². The highest BCUT2D eigenvalue weighted by atomic mass is 16.3. The molecule has 0 aliphatic carbocycles. The SMILES string of the molecule is CC(CCc1ccco1)NCCCC(N)=O. The molecule has 1 heterocycles. The van der Waals surface area contributed by atoms with Crippen LogP contribution in [0.2, 0.25) is 0 Å². The second-order valence-corrected chi connectivity index (χ2v) is 4.04. The standard InChI is InChI=1S/C12H20N2O2/c1-10(14-8-2-5-12(13)15)6-7-11-4-3-9-16-11/h3-4,9-10,14H,2,5-8H2,1H3,(H2,13,15). The first-order valence-corrected chi connectivity index (χ1v) is 5.72. The van der Waals surface area contributed by atoms with Crippen LogP contribution in [0.15, 0.2) is 22.8 Å². The third kappa shape index (κ3) is 5.56. The number of amides is 1. The summed E-state index contributed by atoms with van der Waals surface area (Å²) in [6.07, 6.45) is 4.93. The van der Waals surface area contributed by atoms with Gasteiger partial charge in [0, 0.05) is 18.9 Å². The van der Waals surface area contributed by atoms with Crippen molar-refractivity contribution in [1.82, 2.24) is 5.32 Å². The van der Waals surface area contributed by atoms with Gasteiger partial charge >= 0.3 is 0 Å². The van der Waals surface area contributed by atoms with Gasteiger partial charge in [-0.05, 0) is 38.4 Å². The molecule has 1 atom stereocenters. The summed E-state index contributed by atoms with van der Waals surface area (Å²) in [6, 6.07) is 4.32. The molecule has 0 fully saturated rings. The smallest absolute Gasteiger partial charge is 0.217 e. The van der Waals surface area contributed by atoms with Crippen molar-refractivity contribution >= 4 is 5.91 Å². The van der Waals surface area contributed by atoms with E-state index in [0.717, 1.165) is 31.6 Å². The molecule has 0 spiro atoms. The van der Waals surface area contributed by atoms with Crippen LogP contribution < -0.4 is 11.1 Å². The second-order valence-electron chi connectivity index (χ2n) is 4.04. The Hall–Kier alpha value is -1.29. The molecule has 1 unspecified atom stereocenters. The summed E-state index contributed by atoms with van der Waals surface area (Å²) in [5.74, 6) is 0.788. The van der Waals surface area contributed by atoms with Crippen molar-refractivity contribution in [3.8, 4) is 0 Å². The zero-order chi connectivity index (χ0) is 11.8. The number of aryl methyl sites for hydroxylation is 1. The number of carbonyl (C=O) groups excluding carboxylic acids is 1. The molecule has 0 aliphatic rings. The summed E-state index contributed by atoms with van der Waals surface area (Å²) in [4.78, 5) is 10.5. The van der Waals surface area contributed by atoms with Crippen LogP contribution in [0.25, 0.3) is 0 Å². The Morgan fingerprint density at radius 1 is 1.62 bits per heavy atom. The van der Waals surface area contributed by atoms with Gasteiger partial charge < -0.3 is 15.5 Å². The number of furan rings is 1. The first kappa shape index (κ1) is 12.8. The molecule has 0 aliphatic heterocycles. The number of hydrogen-bond donors (Lipinski definition) is 2. The van der Waals surface area contributed by atoms with Gasteiger partial charge in [-0.25, -0.2) is 0 Å². The Kier molecular flexibility index (Phi) is 5.64. The van der Waals surface area contributed by atoms with Gasteiger partial charge in [0.2, 0.25) is 5.91 Å². The van der Waals surface area contributed by atoms with E-state index in [0.29, 0.717) is 12.5 Å². The average molecular weight is 224 g/mol. The summed E-state index contributed by atoms with van der Waals surface area (Å²) >= 11 is 0. The maximum Gasteiger partial charge on any atom is 0.217 e. The van der Waals surface area contributed by atoms with Gasteiger partial charge in [0.25, 0.3) is 0 Å². The van der Waals surface area contributed by atoms with E-state index in [1.54, 1.807) is 6.26 Å². The number of primary amides is 1. The van der Waals surface area contributed by atoms with Crippen LogP contribution in [-0.2, 0) is 11.2 Å². The van der Waals surface area contributed by atoms with Crippen molar-refractivity contribution in [2.45, 2.75) is 38.6 Å². The van der Waals surface area contributed by atoms with Crippen LogP contribution in [0, 0.1) is 0 Å². The van der Waals surface area contributed by atoms with Crippen molar-refractivity contribution in [2.75, 3.05) is 6.54 Å². The summed E-state index contributed by atoms with van der Waals surface area (Å²) in [5, 5.41) is 3.35. The van der Waals surface area contributed by atoms with Crippen molar-refractivity contribution in [3.63, 3.8) is 0 Å². The first-order chi connectivity index (χ1) is 7.68. The molecular weight excluding hydrogens is 204 g/mol. The fourth-order valence-electron chi connectivity index (χ4n) is 1.53. The minimum absolute atomic E-state index is 0.231. The molecule has 0 radical (unpaired) electrons. The predicted octanol–water partition coefficient (Wildman–Crippen LogP) is 1.46. The Bertz CT molecular complexity index is 296. The Labute approximate surface area is 96.2 Å². The zero-order valence-electron chi connectivity index (χ0n) is 9.74. The third-order valence-electron chi connectivity index (χ3n) is 2.50. The van der Waals surface area contributed by atoms with Crippen LogP contribution >= 0.6 is 0 Å². The minimum atomic E-state index is -0.231. The van der Waals surface area contributed by atoms with Crippen molar-refractivity contribution < 1.29 is 9.21 Å². The molecule has 90 valence electrons. The predicted molar refractivity (Wildman–Crippen MR) is 62.9 cm³/mol. The molecule has 4 heteroatoms. The Morgan fingerprint density at radius 2 is 2.44 bits per heavy atom. The summed E-state index contributed by atoms with van der Waals surface area (Å²) in [5.41, 5.74) is 5.05. The molecule has 16 heavy (non-hydrogen) atoms. The molecule has 3 N–H and O–H groups in total. The maximum atomic E-state index is 10.5. The molecule has 4 nitrogen and oxygen atoms in total. The first-order valence-electron chi connectivity index (χ1n) is 5.72. The number of nitrogens with one attached hydrogen (secondary N) is 1. The average Bonchev–Trinajstić information content (AvgIpc) is 2.74. The van der Waals surface area contributed by atoms with E-state index in [-0.39, 0.29) is 5.91 Å². The molecule has 1 rings (SSSR count). The highest BCUT2D eigenvalue weighted by Gasteiger charge is 2.03. The third-order valence-corrected chi connectivity index (χ3v) is 2.50. The molecular formula is C12H20N2O2. The lowest BCUT2D eigenvalue weighted by molar-refractivity contribution is -0.118. The summed E-state index contributed by atoms with van der Waals surface area (Å²) in [6.45, 7) is 2.97. The normalized spacial score (nSPS) is 12.6. The van der Waals surface area contributed by atoms with Gasteiger partial charge in [-0.1, -0.05) is 0 Å². The molecule has 1 aromatic rings. The van der Waals surface area contributed by atoms with E-state index in [1.165, 1.54) is 0 Å². The van der Waals surface area contributed by atoms with E-state index < -0.39 is 0 Å². The van der Waals surface area contributed by atoms with E-state index >= 15 is 0 Å². The molecule has 1 aromatic heterocycles. The molecule has 0 saturated carbocycles. The van der Waals surface area contributed by atoms with Crippen LogP contribution in [0.5, 0.6) is 0 Å². The van der Waals surface area contributed by atoms with Gasteiger partial charge in [0.1, 0.15) is 5.76 Å². The summed E-state index contributed by atoms with van der Waals surface area (Å²) in [7, 11) is 0. The topological polar surface area (TPSA) is 68.3 Å². The van der Waals surface area contributed by atoms with Crippen molar-refractivity contribution in [3.05, 3.63) is 24.2 Å². The number of nitrogens with two attached hydrogens (primary N) is 1. The second kappa shape index (κ2) is 7.06. The van der Waals surface area contributed by atoms with E-state index in [2.05, 4.69) is 12.2 Å². The highest BCUT2D eigenvalue weighted by Crippen LogP contribution is 2.05. The van der Waals surface area contributed by atoms with Crippen molar-refractivity contribution in [2.24, 2.45) is 5.73 Å². The Balaban J connectivity index is 2.02. The van der Waals surface area contributed by atoms with Gasteiger partial charge in [-0.15, -0.1) is 0 Å². The summed E-state index contributed by atoms with van der Waals surface area (Å²) < 4.78 is 5.25. The van der Waals surface area contributed by atoms with Gasteiger partial charge in [0.15, 0.2) is 0 Å². The molecule has 0 aromatic carbocycles. The monoisotopic (exact) mass is 224 g/mol. The minimum Gasteiger partial charge on any atom is -0.469 e. The van der Waals surface area contributed by atoms with E-state index in [4.69, 9.17) is 10.2 Å². The zero-order valence-corrected chi connectivity index (χ0v) is 9.74.